The van der Waals surface area contributed by atoms with E-state index in [1.54, 1.807) is 21.9 Å². The van der Waals surface area contributed by atoms with E-state index >= 15 is 0 Å². The minimum Gasteiger partial charge on any atom is -0.352 e. The molecule has 1 N–H and O–H groups in total. The molecule has 2 heterocycles. The number of piperidine rings is 1. The van der Waals surface area contributed by atoms with Crippen LogP contribution in [0.2, 0.25) is 0 Å². The number of likely N-dealkylation sites (tertiary alicyclic amines) is 1. The maximum Gasteiger partial charge on any atom is 0.259 e. The molecule has 0 aromatic carbocycles. The summed E-state index contributed by atoms with van der Waals surface area (Å²) < 4.78 is 1.79. The van der Waals surface area contributed by atoms with Crippen LogP contribution in [-0.4, -0.2) is 40.4 Å². The van der Waals surface area contributed by atoms with Crippen LogP contribution in [0.4, 0.5) is 0 Å². The number of rotatable bonds is 5. The predicted octanol–water partition coefficient (Wildman–Crippen LogP) is 2.51. The number of amides is 2. The molecule has 144 valence electrons. The van der Waals surface area contributed by atoms with E-state index in [1.165, 1.54) is 0 Å². The summed E-state index contributed by atoms with van der Waals surface area (Å²) in [6.07, 6.45) is 5.06. The molecule has 0 atom stereocenters. The molecule has 1 aromatic rings. The third kappa shape index (κ3) is 4.96. The first-order valence-electron chi connectivity index (χ1n) is 9.53. The lowest BCUT2D eigenvalue weighted by Gasteiger charge is -2.30. The van der Waals surface area contributed by atoms with Crippen molar-refractivity contribution < 1.29 is 9.59 Å². The Balaban J connectivity index is 2.41. The van der Waals surface area contributed by atoms with Crippen molar-refractivity contribution in [3.05, 3.63) is 33.7 Å². The Morgan fingerprint density at radius 3 is 2.23 bits per heavy atom. The Morgan fingerprint density at radius 2 is 1.69 bits per heavy atom. The Labute approximate surface area is 155 Å². The van der Waals surface area contributed by atoms with E-state index < -0.39 is 11.3 Å². The standard InChI is InChI=1S/C20H31N3O3/c1-13(2)10-22-11-16(19(25)21-14(3)4)18(24)17(12-22)20(26)23-8-6-15(5)7-9-23/h11-15H,6-10H2,1-5H3,(H,21,25). The highest BCUT2D eigenvalue weighted by Crippen LogP contribution is 2.17. The van der Waals surface area contributed by atoms with Crippen LogP contribution >= 0.6 is 0 Å². The molecule has 1 saturated heterocycles. The highest BCUT2D eigenvalue weighted by Gasteiger charge is 2.26. The normalized spacial score (nSPS) is 15.6. The molecular weight excluding hydrogens is 330 g/mol. The van der Waals surface area contributed by atoms with Crippen LogP contribution in [0.5, 0.6) is 0 Å². The van der Waals surface area contributed by atoms with Gasteiger partial charge in [-0.05, 0) is 38.5 Å². The second kappa shape index (κ2) is 8.52. The molecule has 1 fully saturated rings. The average Bonchev–Trinajstić information content (AvgIpc) is 2.55. The number of nitrogens with one attached hydrogen (secondary N) is 1. The number of hydrogen-bond donors (Lipinski definition) is 1. The third-order valence-electron chi connectivity index (χ3n) is 4.62. The fourth-order valence-corrected chi connectivity index (χ4v) is 3.19. The lowest BCUT2D eigenvalue weighted by Crippen LogP contribution is -2.42. The van der Waals surface area contributed by atoms with Crippen LogP contribution in [0.15, 0.2) is 17.2 Å². The van der Waals surface area contributed by atoms with Crippen molar-refractivity contribution in [3.8, 4) is 0 Å². The van der Waals surface area contributed by atoms with Gasteiger partial charge in [0.2, 0.25) is 5.43 Å². The molecule has 0 aliphatic carbocycles. The third-order valence-corrected chi connectivity index (χ3v) is 4.62. The molecule has 1 aliphatic heterocycles. The molecule has 0 saturated carbocycles. The van der Waals surface area contributed by atoms with E-state index in [2.05, 4.69) is 26.1 Å². The fourth-order valence-electron chi connectivity index (χ4n) is 3.19. The van der Waals surface area contributed by atoms with Gasteiger partial charge in [0.15, 0.2) is 0 Å². The monoisotopic (exact) mass is 361 g/mol. The van der Waals surface area contributed by atoms with Crippen LogP contribution in [0.1, 0.15) is 68.2 Å². The minimum atomic E-state index is -0.480. The van der Waals surface area contributed by atoms with E-state index in [-0.39, 0.29) is 23.1 Å². The predicted molar refractivity (Wildman–Crippen MR) is 102 cm³/mol. The molecule has 6 nitrogen and oxygen atoms in total. The molecule has 0 spiro atoms. The first-order valence-corrected chi connectivity index (χ1v) is 9.53. The van der Waals surface area contributed by atoms with Crippen molar-refractivity contribution in [1.29, 1.82) is 0 Å². The van der Waals surface area contributed by atoms with Crippen molar-refractivity contribution in [3.63, 3.8) is 0 Å². The second-order valence-corrected chi connectivity index (χ2v) is 8.11. The summed E-state index contributed by atoms with van der Waals surface area (Å²) in [5, 5.41) is 2.75. The molecule has 2 rings (SSSR count). The van der Waals surface area contributed by atoms with Gasteiger partial charge in [0.05, 0.1) is 0 Å². The lowest BCUT2D eigenvalue weighted by atomic mass is 9.98. The van der Waals surface area contributed by atoms with E-state index in [1.807, 2.05) is 13.8 Å². The first-order chi connectivity index (χ1) is 12.2. The number of carbonyl (C=O) groups is 2. The molecule has 1 aliphatic rings. The zero-order valence-electron chi connectivity index (χ0n) is 16.5. The maximum atomic E-state index is 12.9. The van der Waals surface area contributed by atoms with Gasteiger partial charge in [0.1, 0.15) is 11.1 Å². The molecule has 26 heavy (non-hydrogen) atoms. The van der Waals surface area contributed by atoms with Crippen molar-refractivity contribution in [2.75, 3.05) is 13.1 Å². The quantitative estimate of drug-likeness (QED) is 0.876. The number of aromatic nitrogens is 1. The Bertz CT molecular complexity index is 714. The van der Waals surface area contributed by atoms with Crippen molar-refractivity contribution in [1.82, 2.24) is 14.8 Å². The molecule has 1 aromatic heterocycles. The van der Waals surface area contributed by atoms with Gasteiger partial charge in [-0.3, -0.25) is 14.4 Å². The molecular formula is C20H31N3O3. The summed E-state index contributed by atoms with van der Waals surface area (Å²) in [6, 6.07) is -0.0802. The zero-order chi connectivity index (χ0) is 19.4. The van der Waals surface area contributed by atoms with Crippen molar-refractivity contribution in [2.24, 2.45) is 11.8 Å². The summed E-state index contributed by atoms with van der Waals surface area (Å²) >= 11 is 0. The average molecular weight is 361 g/mol. The topological polar surface area (TPSA) is 71.4 Å². The molecule has 0 radical (unpaired) electrons. The summed E-state index contributed by atoms with van der Waals surface area (Å²) in [5.41, 5.74) is -0.348. The highest BCUT2D eigenvalue weighted by molar-refractivity contribution is 5.99. The Morgan fingerprint density at radius 1 is 1.12 bits per heavy atom. The second-order valence-electron chi connectivity index (χ2n) is 8.11. The summed E-state index contributed by atoms with van der Waals surface area (Å²) in [7, 11) is 0. The Kier molecular flexibility index (Phi) is 6.62. The van der Waals surface area contributed by atoms with Crippen LogP contribution in [0.25, 0.3) is 0 Å². The van der Waals surface area contributed by atoms with Gasteiger partial charge in [-0.1, -0.05) is 20.8 Å². The SMILES string of the molecule is CC(C)Cn1cc(C(=O)NC(C)C)c(=O)c(C(=O)N2CCC(C)CC2)c1. The number of nitrogens with zero attached hydrogens (tertiary/aromatic N) is 2. The van der Waals surface area contributed by atoms with Crippen LogP contribution in [-0.2, 0) is 6.54 Å². The zero-order valence-corrected chi connectivity index (χ0v) is 16.5. The van der Waals surface area contributed by atoms with Crippen LogP contribution in [0, 0.1) is 11.8 Å². The minimum absolute atomic E-state index is 0.0376. The van der Waals surface area contributed by atoms with Gasteiger partial charge in [-0.2, -0.15) is 0 Å². The fraction of sp³-hybridized carbons (Fsp3) is 0.650. The summed E-state index contributed by atoms with van der Waals surface area (Å²) in [6.45, 7) is 11.9. The molecule has 2 amide bonds. The number of hydrogen-bond acceptors (Lipinski definition) is 3. The van der Waals surface area contributed by atoms with Gasteiger partial charge in [-0.25, -0.2) is 0 Å². The molecule has 0 bridgehead atoms. The molecule has 6 heteroatoms. The molecule has 0 unspecified atom stereocenters. The number of carbonyl (C=O) groups excluding carboxylic acids is 2. The summed E-state index contributed by atoms with van der Waals surface area (Å²) in [5.74, 6) is 0.236. The van der Waals surface area contributed by atoms with E-state index in [9.17, 15) is 14.4 Å². The van der Waals surface area contributed by atoms with Gasteiger partial charge < -0.3 is 14.8 Å². The van der Waals surface area contributed by atoms with Gasteiger partial charge in [0.25, 0.3) is 11.8 Å². The smallest absolute Gasteiger partial charge is 0.259 e. The highest BCUT2D eigenvalue weighted by atomic mass is 16.2. The van der Waals surface area contributed by atoms with E-state index in [0.29, 0.717) is 31.5 Å². The van der Waals surface area contributed by atoms with E-state index in [0.717, 1.165) is 12.8 Å². The van der Waals surface area contributed by atoms with E-state index in [4.69, 9.17) is 0 Å². The van der Waals surface area contributed by atoms with Gasteiger partial charge in [-0.15, -0.1) is 0 Å². The number of pyridine rings is 1. The van der Waals surface area contributed by atoms with Crippen LogP contribution in [0.3, 0.4) is 0 Å². The largest absolute Gasteiger partial charge is 0.352 e. The first kappa shape index (κ1) is 20.2. The maximum absolute atomic E-state index is 12.9. The van der Waals surface area contributed by atoms with Crippen molar-refractivity contribution >= 4 is 11.8 Å². The Hall–Kier alpha value is -2.11. The van der Waals surface area contributed by atoms with Gasteiger partial charge >= 0.3 is 0 Å². The van der Waals surface area contributed by atoms with Crippen LogP contribution < -0.4 is 10.7 Å². The summed E-state index contributed by atoms with van der Waals surface area (Å²) in [4.78, 5) is 40.0. The van der Waals surface area contributed by atoms with Crippen molar-refractivity contribution in [2.45, 2.75) is 60.0 Å². The lowest BCUT2D eigenvalue weighted by molar-refractivity contribution is 0.0695. The van der Waals surface area contributed by atoms with Gasteiger partial charge in [0, 0.05) is 38.1 Å².